The third-order valence-electron chi connectivity index (χ3n) is 3.29. The van der Waals surface area contributed by atoms with Crippen LogP contribution < -0.4 is 21.1 Å². The summed E-state index contributed by atoms with van der Waals surface area (Å²) in [4.78, 5) is 26.8. The minimum Gasteiger partial charge on any atom is -0.455 e. The molecule has 0 saturated heterocycles. The molecule has 11 heteroatoms. The summed E-state index contributed by atoms with van der Waals surface area (Å²) in [7, 11) is 1.66. The SMILES string of the molecule is CCOC(=O)OCOc1ccccc1/N=N/c1ccc(NC(=O)CNC)nc1N. The van der Waals surface area contributed by atoms with Crippen molar-refractivity contribution in [3.8, 4) is 5.75 Å². The van der Waals surface area contributed by atoms with Crippen molar-refractivity contribution in [1.82, 2.24) is 10.3 Å². The molecule has 0 atom stereocenters. The highest BCUT2D eigenvalue weighted by Gasteiger charge is 2.08. The van der Waals surface area contributed by atoms with Crippen molar-refractivity contribution in [3.05, 3.63) is 36.4 Å². The third kappa shape index (κ3) is 7.07. The fourth-order valence-electron chi connectivity index (χ4n) is 2.04. The monoisotopic (exact) mass is 402 g/mol. The number of amides is 1. The molecule has 29 heavy (non-hydrogen) atoms. The minimum atomic E-state index is -0.827. The Morgan fingerprint density at radius 3 is 2.59 bits per heavy atom. The lowest BCUT2D eigenvalue weighted by Crippen LogP contribution is -2.25. The zero-order valence-corrected chi connectivity index (χ0v) is 16.0. The van der Waals surface area contributed by atoms with Gasteiger partial charge in [0.25, 0.3) is 0 Å². The van der Waals surface area contributed by atoms with E-state index in [4.69, 9.17) is 15.2 Å². The van der Waals surface area contributed by atoms with Gasteiger partial charge in [0, 0.05) is 0 Å². The number of hydrogen-bond donors (Lipinski definition) is 3. The van der Waals surface area contributed by atoms with Gasteiger partial charge in [-0.25, -0.2) is 9.78 Å². The van der Waals surface area contributed by atoms with Crippen LogP contribution in [-0.2, 0) is 14.3 Å². The molecule has 154 valence electrons. The number of para-hydroxylation sites is 1. The molecule has 2 aromatic rings. The molecular weight excluding hydrogens is 380 g/mol. The van der Waals surface area contributed by atoms with E-state index in [0.717, 1.165) is 0 Å². The molecular formula is C18H22N6O5. The number of azo groups is 1. The van der Waals surface area contributed by atoms with E-state index in [0.29, 0.717) is 22.9 Å². The van der Waals surface area contributed by atoms with Gasteiger partial charge >= 0.3 is 6.16 Å². The lowest BCUT2D eigenvalue weighted by Gasteiger charge is -2.09. The van der Waals surface area contributed by atoms with Gasteiger partial charge in [0.15, 0.2) is 11.6 Å². The number of hydrogen-bond acceptors (Lipinski definition) is 10. The van der Waals surface area contributed by atoms with Crippen LogP contribution in [0, 0.1) is 0 Å². The number of nitrogens with one attached hydrogen (secondary N) is 2. The number of ether oxygens (including phenoxy) is 3. The smallest absolute Gasteiger partial charge is 0.455 e. The molecule has 1 aromatic carbocycles. The number of nitrogen functional groups attached to an aromatic ring is 1. The number of carbonyl (C=O) groups excluding carboxylic acids is 2. The second-order valence-corrected chi connectivity index (χ2v) is 5.44. The molecule has 0 radical (unpaired) electrons. The van der Waals surface area contributed by atoms with Gasteiger partial charge in [0.05, 0.1) is 13.2 Å². The van der Waals surface area contributed by atoms with E-state index in [1.165, 1.54) is 0 Å². The molecule has 0 unspecified atom stereocenters. The summed E-state index contributed by atoms with van der Waals surface area (Å²) >= 11 is 0. The first-order valence-corrected chi connectivity index (χ1v) is 8.67. The van der Waals surface area contributed by atoms with E-state index in [9.17, 15) is 9.59 Å². The lowest BCUT2D eigenvalue weighted by molar-refractivity contribution is -0.115. The summed E-state index contributed by atoms with van der Waals surface area (Å²) in [5.41, 5.74) is 6.59. The van der Waals surface area contributed by atoms with E-state index >= 15 is 0 Å². The van der Waals surface area contributed by atoms with E-state index < -0.39 is 6.16 Å². The number of aromatic nitrogens is 1. The van der Waals surface area contributed by atoms with Gasteiger partial charge in [-0.1, -0.05) is 12.1 Å². The topological polar surface area (TPSA) is 150 Å². The predicted molar refractivity (Wildman–Crippen MR) is 105 cm³/mol. The molecule has 0 aliphatic rings. The Morgan fingerprint density at radius 2 is 1.86 bits per heavy atom. The molecule has 1 aromatic heterocycles. The maximum Gasteiger partial charge on any atom is 0.511 e. The second kappa shape index (κ2) is 11.2. The number of anilines is 2. The summed E-state index contributed by atoms with van der Waals surface area (Å²) in [5, 5.41) is 13.5. The summed E-state index contributed by atoms with van der Waals surface area (Å²) in [6.07, 6.45) is -0.827. The number of benzene rings is 1. The highest BCUT2D eigenvalue weighted by molar-refractivity contribution is 5.91. The largest absolute Gasteiger partial charge is 0.511 e. The van der Waals surface area contributed by atoms with Crippen molar-refractivity contribution in [2.24, 2.45) is 10.2 Å². The Balaban J connectivity index is 2.04. The molecule has 1 amide bonds. The number of rotatable bonds is 9. The van der Waals surface area contributed by atoms with Crippen molar-refractivity contribution in [1.29, 1.82) is 0 Å². The van der Waals surface area contributed by atoms with Gasteiger partial charge in [-0.05, 0) is 38.2 Å². The first-order chi connectivity index (χ1) is 14.0. The van der Waals surface area contributed by atoms with Gasteiger partial charge in [0.2, 0.25) is 12.7 Å². The van der Waals surface area contributed by atoms with E-state index in [-0.39, 0.29) is 31.7 Å². The predicted octanol–water partition coefficient (Wildman–Crippen LogP) is 2.75. The van der Waals surface area contributed by atoms with Crippen LogP contribution in [-0.4, -0.2) is 44.0 Å². The van der Waals surface area contributed by atoms with Crippen LogP contribution in [0.1, 0.15) is 6.92 Å². The van der Waals surface area contributed by atoms with Crippen LogP contribution in [0.3, 0.4) is 0 Å². The molecule has 0 bridgehead atoms. The van der Waals surface area contributed by atoms with Crippen molar-refractivity contribution >= 4 is 35.1 Å². The summed E-state index contributed by atoms with van der Waals surface area (Å²) < 4.78 is 14.8. The van der Waals surface area contributed by atoms with Gasteiger partial charge < -0.3 is 30.6 Å². The Labute approximate surface area is 167 Å². The van der Waals surface area contributed by atoms with Crippen LogP contribution in [0.4, 0.5) is 27.8 Å². The Morgan fingerprint density at radius 1 is 1.10 bits per heavy atom. The zero-order chi connectivity index (χ0) is 21.1. The highest BCUT2D eigenvalue weighted by atomic mass is 16.8. The molecule has 0 saturated carbocycles. The van der Waals surface area contributed by atoms with Gasteiger partial charge in [-0.15, -0.1) is 10.2 Å². The number of nitrogens with two attached hydrogens (primary N) is 1. The second-order valence-electron chi connectivity index (χ2n) is 5.44. The first kappa shape index (κ1) is 21.6. The number of nitrogens with zero attached hydrogens (tertiary/aromatic N) is 3. The fraction of sp³-hybridized carbons (Fsp3) is 0.278. The van der Waals surface area contributed by atoms with Crippen molar-refractivity contribution in [2.75, 3.05) is 38.0 Å². The molecule has 0 aliphatic carbocycles. The molecule has 11 nitrogen and oxygen atoms in total. The van der Waals surface area contributed by atoms with E-state index in [2.05, 4.69) is 30.6 Å². The van der Waals surface area contributed by atoms with Crippen LogP contribution in [0.25, 0.3) is 0 Å². The maximum atomic E-state index is 11.6. The molecule has 4 N–H and O–H groups in total. The third-order valence-corrected chi connectivity index (χ3v) is 3.29. The van der Waals surface area contributed by atoms with Crippen LogP contribution in [0.15, 0.2) is 46.6 Å². The minimum absolute atomic E-state index is 0.0973. The van der Waals surface area contributed by atoms with Crippen LogP contribution in [0.5, 0.6) is 5.75 Å². The zero-order valence-electron chi connectivity index (χ0n) is 16.0. The van der Waals surface area contributed by atoms with Gasteiger partial charge in [0.1, 0.15) is 17.2 Å². The quantitative estimate of drug-likeness (QED) is 0.329. The Hall–Kier alpha value is -3.73. The Bertz CT molecular complexity index is 874. The van der Waals surface area contributed by atoms with Gasteiger partial charge in [-0.2, -0.15) is 0 Å². The van der Waals surface area contributed by atoms with Crippen LogP contribution >= 0.6 is 0 Å². The normalized spacial score (nSPS) is 10.6. The van der Waals surface area contributed by atoms with Gasteiger partial charge in [-0.3, -0.25) is 4.79 Å². The van der Waals surface area contributed by atoms with E-state index in [1.807, 2.05) is 0 Å². The van der Waals surface area contributed by atoms with Crippen molar-refractivity contribution < 1.29 is 23.8 Å². The molecule has 0 fully saturated rings. The summed E-state index contributed by atoms with van der Waals surface area (Å²) in [6.45, 7) is 1.69. The van der Waals surface area contributed by atoms with Crippen LogP contribution in [0.2, 0.25) is 0 Å². The maximum absolute atomic E-state index is 11.6. The molecule has 0 aliphatic heterocycles. The van der Waals surface area contributed by atoms with Crippen molar-refractivity contribution in [2.45, 2.75) is 6.92 Å². The molecule has 2 rings (SSSR count). The standard InChI is InChI=1S/C18H22N6O5/c1-3-27-18(26)29-11-28-14-7-5-4-6-12(14)23-24-13-8-9-15(22-17(13)19)21-16(25)10-20-2/h4-9,20H,3,10-11H2,1-2H3,(H3,19,21,22,25)/b24-23+. The fourth-order valence-corrected chi connectivity index (χ4v) is 2.04. The number of pyridine rings is 1. The molecule has 1 heterocycles. The lowest BCUT2D eigenvalue weighted by atomic mass is 10.3. The number of likely N-dealkylation sites (N-methyl/N-ethyl adjacent to an activating group) is 1. The Kier molecular flexibility index (Phi) is 8.32. The molecule has 0 spiro atoms. The average molecular weight is 402 g/mol. The van der Waals surface area contributed by atoms with E-state index in [1.54, 1.807) is 50.4 Å². The number of carbonyl (C=O) groups is 2. The average Bonchev–Trinajstić information content (AvgIpc) is 2.68. The first-order valence-electron chi connectivity index (χ1n) is 8.67. The van der Waals surface area contributed by atoms with Crippen molar-refractivity contribution in [3.63, 3.8) is 0 Å². The highest BCUT2D eigenvalue weighted by Crippen LogP contribution is 2.30. The summed E-state index contributed by atoms with van der Waals surface area (Å²) in [6, 6.07) is 9.93. The summed E-state index contributed by atoms with van der Waals surface area (Å²) in [5.74, 6) is 0.509.